The maximum atomic E-state index is 14.0. The van der Waals surface area contributed by atoms with Gasteiger partial charge in [0.1, 0.15) is 11.9 Å². The van der Waals surface area contributed by atoms with Crippen molar-refractivity contribution in [1.29, 1.82) is 5.26 Å². The average molecular weight is 587 g/mol. The zero-order valence-corrected chi connectivity index (χ0v) is 24.0. The first kappa shape index (κ1) is 31.1. The summed E-state index contributed by atoms with van der Waals surface area (Å²) >= 11 is 0. The van der Waals surface area contributed by atoms with Crippen molar-refractivity contribution < 1.29 is 40.6 Å². The minimum atomic E-state index is -4.77. The number of nitriles is 1. The van der Waals surface area contributed by atoms with Crippen molar-refractivity contribution in [3.8, 4) is 17.7 Å². The molecule has 0 unspecified atom stereocenters. The molecule has 10 nitrogen and oxygen atoms in total. The number of aromatic nitrogens is 2. The third-order valence-corrected chi connectivity index (χ3v) is 8.03. The summed E-state index contributed by atoms with van der Waals surface area (Å²) in [7, 11) is -4.31. The van der Waals surface area contributed by atoms with E-state index in [1.54, 1.807) is 27.7 Å². The van der Waals surface area contributed by atoms with Gasteiger partial charge in [0.25, 0.3) is 15.9 Å². The molecule has 0 spiro atoms. The number of benzene rings is 1. The van der Waals surface area contributed by atoms with Gasteiger partial charge >= 0.3 is 12.1 Å². The van der Waals surface area contributed by atoms with E-state index in [4.69, 9.17) is 9.47 Å². The van der Waals surface area contributed by atoms with E-state index in [1.165, 1.54) is 29.1 Å². The Labute approximate surface area is 231 Å². The van der Waals surface area contributed by atoms with Crippen molar-refractivity contribution in [2.75, 3.05) is 17.5 Å². The Morgan fingerprint density at radius 3 is 2.48 bits per heavy atom. The standard InChI is InChI=1S/C26H33F3N4O6S/c1-7-32-15-21(23(31-32)37-8-2)40(35,36)33-14-18(13-24(3,4)16-30)38-20-10-9-17(11-19(20)33)12-22(34)39-25(5,6)26(27,28)29/h9-11,15,18H,7-8,12-14H2,1-6H3/t18-/m0/s1. The largest absolute Gasteiger partial charge is 0.486 e. The number of esters is 1. The van der Waals surface area contributed by atoms with Gasteiger partial charge in [0, 0.05) is 19.2 Å². The number of carbonyl (C=O) groups is 1. The maximum absolute atomic E-state index is 14.0. The number of sulfonamides is 1. The Kier molecular flexibility index (Phi) is 8.69. The fourth-order valence-corrected chi connectivity index (χ4v) is 5.62. The van der Waals surface area contributed by atoms with E-state index in [0.717, 1.165) is 18.2 Å². The van der Waals surface area contributed by atoms with Crippen LogP contribution in [0.4, 0.5) is 18.9 Å². The lowest BCUT2D eigenvalue weighted by Gasteiger charge is -2.37. The zero-order valence-electron chi connectivity index (χ0n) is 23.2. The number of ether oxygens (including phenoxy) is 3. The van der Waals surface area contributed by atoms with Crippen molar-refractivity contribution in [2.45, 2.75) is 83.7 Å². The fraction of sp³-hybridized carbons (Fsp3) is 0.577. The summed E-state index contributed by atoms with van der Waals surface area (Å²) in [5.41, 5.74) is -3.23. The molecule has 0 aliphatic carbocycles. The Morgan fingerprint density at radius 1 is 1.23 bits per heavy atom. The van der Waals surface area contributed by atoms with Gasteiger partial charge in [0.05, 0.1) is 36.7 Å². The van der Waals surface area contributed by atoms with Crippen molar-refractivity contribution >= 4 is 21.7 Å². The molecule has 0 radical (unpaired) electrons. The lowest BCUT2D eigenvalue weighted by atomic mass is 9.88. The number of hydrogen-bond donors (Lipinski definition) is 0. The van der Waals surface area contributed by atoms with Crippen LogP contribution in [0.1, 0.15) is 53.5 Å². The number of hydrogen-bond acceptors (Lipinski definition) is 8. The Bertz CT molecular complexity index is 1400. The number of aryl methyl sites for hydroxylation is 1. The fourth-order valence-electron chi connectivity index (χ4n) is 4.04. The predicted octanol–water partition coefficient (Wildman–Crippen LogP) is 4.62. The van der Waals surface area contributed by atoms with Gasteiger partial charge in [-0.15, -0.1) is 5.10 Å². The van der Waals surface area contributed by atoms with Gasteiger partial charge in [-0.1, -0.05) is 6.07 Å². The van der Waals surface area contributed by atoms with E-state index in [-0.39, 0.29) is 47.3 Å². The zero-order chi connectivity index (χ0) is 30.1. The van der Waals surface area contributed by atoms with Crippen molar-refractivity contribution in [3.63, 3.8) is 0 Å². The molecule has 1 aliphatic rings. The van der Waals surface area contributed by atoms with Crippen molar-refractivity contribution in [2.24, 2.45) is 5.41 Å². The molecule has 0 N–H and O–H groups in total. The first-order valence-electron chi connectivity index (χ1n) is 12.7. The SMILES string of the molecule is CCOc1nn(CC)cc1S(=O)(=O)N1C[C@H](CC(C)(C)C#N)Oc2ccc(CC(=O)OC(C)(C)C(F)(F)F)cc21. The normalized spacial score (nSPS) is 16.1. The molecule has 0 saturated carbocycles. The van der Waals surface area contributed by atoms with Gasteiger partial charge in [-0.2, -0.15) is 18.4 Å². The highest BCUT2D eigenvalue weighted by Crippen LogP contribution is 2.41. The lowest BCUT2D eigenvalue weighted by Crippen LogP contribution is -2.45. The summed E-state index contributed by atoms with van der Waals surface area (Å²) in [4.78, 5) is 12.2. The van der Waals surface area contributed by atoms with Gasteiger partial charge in [-0.05, 0) is 59.2 Å². The van der Waals surface area contributed by atoms with E-state index in [9.17, 15) is 31.6 Å². The molecule has 0 saturated heterocycles. The molecule has 0 bridgehead atoms. The highest BCUT2D eigenvalue weighted by Gasteiger charge is 2.50. The number of carbonyl (C=O) groups excluding carboxylic acids is 1. The van der Waals surface area contributed by atoms with E-state index in [1.807, 2.05) is 0 Å². The number of rotatable bonds is 10. The molecule has 3 rings (SSSR count). The summed E-state index contributed by atoms with van der Waals surface area (Å²) in [6.45, 7) is 8.77. The van der Waals surface area contributed by atoms with Crippen LogP contribution in [0, 0.1) is 16.7 Å². The van der Waals surface area contributed by atoms with Crippen molar-refractivity contribution in [3.05, 3.63) is 30.0 Å². The molecule has 1 aromatic carbocycles. The number of halogens is 3. The van der Waals surface area contributed by atoms with Crippen LogP contribution in [0.2, 0.25) is 0 Å². The second-order valence-corrected chi connectivity index (χ2v) is 12.4. The molecule has 14 heteroatoms. The molecule has 0 fully saturated rings. The monoisotopic (exact) mass is 586 g/mol. The quantitative estimate of drug-likeness (QED) is 0.370. The molecule has 1 atom stereocenters. The van der Waals surface area contributed by atoms with E-state index in [0.29, 0.717) is 6.54 Å². The van der Waals surface area contributed by atoms with Gasteiger partial charge < -0.3 is 14.2 Å². The summed E-state index contributed by atoms with van der Waals surface area (Å²) in [5, 5.41) is 13.7. The van der Waals surface area contributed by atoms with E-state index >= 15 is 0 Å². The van der Waals surface area contributed by atoms with Gasteiger partial charge in [0.15, 0.2) is 4.90 Å². The second-order valence-electron chi connectivity index (χ2n) is 10.5. The molecular formula is C26H33F3N4O6S. The summed E-state index contributed by atoms with van der Waals surface area (Å²) in [6.07, 6.45) is -4.45. The van der Waals surface area contributed by atoms with Gasteiger partial charge in [-0.25, -0.2) is 8.42 Å². The summed E-state index contributed by atoms with van der Waals surface area (Å²) in [5.74, 6) is -1.05. The predicted molar refractivity (Wildman–Crippen MR) is 138 cm³/mol. The maximum Gasteiger partial charge on any atom is 0.427 e. The highest BCUT2D eigenvalue weighted by molar-refractivity contribution is 7.93. The number of anilines is 1. The molecule has 2 heterocycles. The van der Waals surface area contributed by atoms with Crippen LogP contribution in [0.3, 0.4) is 0 Å². The number of fused-ring (bicyclic) bond motifs is 1. The summed E-state index contributed by atoms with van der Waals surface area (Å²) in [6, 6.07) is 6.44. The Balaban J connectivity index is 2.05. The minimum Gasteiger partial charge on any atom is -0.486 e. The van der Waals surface area contributed by atoms with E-state index < -0.39 is 45.7 Å². The highest BCUT2D eigenvalue weighted by atomic mass is 32.2. The number of nitrogens with zero attached hydrogens (tertiary/aromatic N) is 4. The third kappa shape index (κ3) is 6.63. The molecule has 1 aliphatic heterocycles. The van der Waals surface area contributed by atoms with Crippen LogP contribution in [0.15, 0.2) is 29.3 Å². The third-order valence-electron chi connectivity index (χ3n) is 6.27. The Hall–Kier alpha value is -3.47. The second kappa shape index (κ2) is 11.2. The van der Waals surface area contributed by atoms with Crippen LogP contribution < -0.4 is 13.8 Å². The van der Waals surface area contributed by atoms with Crippen LogP contribution in [0.25, 0.3) is 0 Å². The average Bonchev–Trinajstić information content (AvgIpc) is 3.26. The molecule has 220 valence electrons. The molecule has 2 aromatic rings. The molecular weight excluding hydrogens is 553 g/mol. The van der Waals surface area contributed by atoms with Gasteiger partial charge in [0.2, 0.25) is 5.60 Å². The van der Waals surface area contributed by atoms with Crippen LogP contribution in [-0.4, -0.2) is 55.2 Å². The summed E-state index contributed by atoms with van der Waals surface area (Å²) < 4.78 is 86.4. The Morgan fingerprint density at radius 2 is 1.90 bits per heavy atom. The molecule has 0 amide bonds. The van der Waals surface area contributed by atoms with Crippen LogP contribution >= 0.6 is 0 Å². The van der Waals surface area contributed by atoms with Gasteiger partial charge in [-0.3, -0.25) is 13.8 Å². The first-order valence-corrected chi connectivity index (χ1v) is 14.1. The van der Waals surface area contributed by atoms with Crippen LogP contribution in [0.5, 0.6) is 11.6 Å². The minimum absolute atomic E-state index is 0.0816. The topological polar surface area (TPSA) is 124 Å². The smallest absolute Gasteiger partial charge is 0.427 e. The van der Waals surface area contributed by atoms with Crippen molar-refractivity contribution in [1.82, 2.24) is 9.78 Å². The lowest BCUT2D eigenvalue weighted by molar-refractivity contribution is -0.257. The van der Waals surface area contributed by atoms with E-state index in [2.05, 4.69) is 15.9 Å². The molecule has 40 heavy (non-hydrogen) atoms. The number of alkyl halides is 3. The van der Waals surface area contributed by atoms with Crippen LogP contribution in [-0.2, 0) is 32.5 Å². The first-order chi connectivity index (χ1) is 18.4. The molecule has 1 aromatic heterocycles.